The van der Waals surface area contributed by atoms with Gasteiger partial charge < -0.3 is 9.64 Å². The zero-order chi connectivity index (χ0) is 14.0. The standard InChI is InChI=1S/C15H19NO3/c1-15(2)13(17)8-5-9-16(15)12-7-4-6-11(10-12)14(18)19-3/h4,6-7,10H,5,8-9H2,1-3H3. The number of ketones is 1. The summed E-state index contributed by atoms with van der Waals surface area (Å²) in [7, 11) is 1.36. The van der Waals surface area contributed by atoms with Crippen LogP contribution in [0.2, 0.25) is 0 Å². The molecule has 1 fully saturated rings. The lowest BCUT2D eigenvalue weighted by atomic mass is 9.88. The van der Waals surface area contributed by atoms with Gasteiger partial charge in [0.15, 0.2) is 5.78 Å². The van der Waals surface area contributed by atoms with E-state index in [0.29, 0.717) is 12.0 Å². The van der Waals surface area contributed by atoms with Gasteiger partial charge in [-0.25, -0.2) is 4.79 Å². The number of carbonyl (C=O) groups excluding carboxylic acids is 2. The normalized spacial score (nSPS) is 18.3. The fourth-order valence-corrected chi connectivity index (χ4v) is 2.50. The smallest absolute Gasteiger partial charge is 0.337 e. The summed E-state index contributed by atoms with van der Waals surface area (Å²) in [6.07, 6.45) is 1.48. The Morgan fingerprint density at radius 3 is 2.79 bits per heavy atom. The number of ether oxygens (including phenoxy) is 1. The maximum atomic E-state index is 12.0. The van der Waals surface area contributed by atoms with Gasteiger partial charge in [0.05, 0.1) is 18.2 Å². The molecule has 0 aromatic heterocycles. The molecular formula is C15H19NO3. The molecule has 1 heterocycles. The second kappa shape index (κ2) is 5.03. The molecule has 0 atom stereocenters. The number of nitrogens with zero attached hydrogens (tertiary/aromatic N) is 1. The molecule has 0 unspecified atom stereocenters. The third-order valence-electron chi connectivity index (χ3n) is 3.72. The summed E-state index contributed by atoms with van der Waals surface area (Å²) >= 11 is 0. The first-order valence-corrected chi connectivity index (χ1v) is 6.46. The third kappa shape index (κ3) is 2.48. The molecule has 1 aliphatic rings. The van der Waals surface area contributed by atoms with E-state index in [1.54, 1.807) is 12.1 Å². The lowest BCUT2D eigenvalue weighted by Gasteiger charge is -2.42. The van der Waals surface area contributed by atoms with Crippen molar-refractivity contribution >= 4 is 17.4 Å². The number of anilines is 1. The lowest BCUT2D eigenvalue weighted by Crippen LogP contribution is -2.54. The highest BCUT2D eigenvalue weighted by atomic mass is 16.5. The summed E-state index contributed by atoms with van der Waals surface area (Å²) < 4.78 is 4.73. The number of hydrogen-bond acceptors (Lipinski definition) is 4. The number of Topliss-reactive ketones (excluding diaryl/α,β-unsaturated/α-hetero) is 1. The van der Waals surface area contributed by atoms with Crippen LogP contribution in [0.3, 0.4) is 0 Å². The molecule has 0 aliphatic carbocycles. The number of esters is 1. The average molecular weight is 261 g/mol. The average Bonchev–Trinajstić information content (AvgIpc) is 2.41. The molecule has 2 rings (SSSR count). The number of rotatable bonds is 2. The molecule has 1 aromatic carbocycles. The predicted octanol–water partition coefficient (Wildman–Crippen LogP) is 2.42. The molecule has 0 radical (unpaired) electrons. The van der Waals surface area contributed by atoms with Crippen LogP contribution in [-0.4, -0.2) is 30.9 Å². The maximum absolute atomic E-state index is 12.0. The van der Waals surface area contributed by atoms with Crippen molar-refractivity contribution in [2.75, 3.05) is 18.6 Å². The molecule has 1 aromatic rings. The first-order valence-electron chi connectivity index (χ1n) is 6.46. The molecule has 0 saturated carbocycles. The molecule has 0 spiro atoms. The summed E-state index contributed by atoms with van der Waals surface area (Å²) in [5.41, 5.74) is 0.877. The highest BCUT2D eigenvalue weighted by Crippen LogP contribution is 2.30. The van der Waals surface area contributed by atoms with E-state index < -0.39 is 5.54 Å². The van der Waals surface area contributed by atoms with Gasteiger partial charge in [0.25, 0.3) is 0 Å². The second-order valence-electron chi connectivity index (χ2n) is 5.28. The van der Waals surface area contributed by atoms with Crippen molar-refractivity contribution in [3.63, 3.8) is 0 Å². The minimum atomic E-state index is -0.521. The Labute approximate surface area is 113 Å². The van der Waals surface area contributed by atoms with Gasteiger partial charge in [-0.15, -0.1) is 0 Å². The molecule has 1 saturated heterocycles. The van der Waals surface area contributed by atoms with E-state index in [9.17, 15) is 9.59 Å². The van der Waals surface area contributed by atoms with Crippen LogP contribution in [0.15, 0.2) is 24.3 Å². The Hall–Kier alpha value is -1.84. The highest BCUT2D eigenvalue weighted by molar-refractivity contribution is 5.94. The van der Waals surface area contributed by atoms with E-state index in [1.807, 2.05) is 26.0 Å². The fraction of sp³-hybridized carbons (Fsp3) is 0.467. The van der Waals surface area contributed by atoms with Crippen LogP contribution >= 0.6 is 0 Å². The number of carbonyl (C=O) groups is 2. The molecular weight excluding hydrogens is 242 g/mol. The van der Waals surface area contributed by atoms with Crippen LogP contribution in [0.4, 0.5) is 5.69 Å². The topological polar surface area (TPSA) is 46.6 Å². The Bertz CT molecular complexity index is 508. The Morgan fingerprint density at radius 1 is 1.37 bits per heavy atom. The van der Waals surface area contributed by atoms with Gasteiger partial charge >= 0.3 is 5.97 Å². The van der Waals surface area contributed by atoms with E-state index in [4.69, 9.17) is 4.74 Å². The van der Waals surface area contributed by atoms with Crippen LogP contribution < -0.4 is 4.90 Å². The Morgan fingerprint density at radius 2 is 2.11 bits per heavy atom. The molecule has 0 bridgehead atoms. The van der Waals surface area contributed by atoms with E-state index in [0.717, 1.165) is 18.7 Å². The molecule has 102 valence electrons. The number of hydrogen-bond donors (Lipinski definition) is 0. The lowest BCUT2D eigenvalue weighted by molar-refractivity contribution is -0.124. The largest absolute Gasteiger partial charge is 0.465 e. The third-order valence-corrected chi connectivity index (χ3v) is 3.72. The summed E-state index contributed by atoms with van der Waals surface area (Å²) in [6.45, 7) is 4.68. The van der Waals surface area contributed by atoms with Crippen molar-refractivity contribution in [3.05, 3.63) is 29.8 Å². The van der Waals surface area contributed by atoms with Crippen LogP contribution in [0, 0.1) is 0 Å². The van der Waals surface area contributed by atoms with Crippen molar-refractivity contribution in [1.29, 1.82) is 0 Å². The summed E-state index contributed by atoms with van der Waals surface area (Å²) in [6, 6.07) is 7.24. The van der Waals surface area contributed by atoms with Crippen molar-refractivity contribution in [3.8, 4) is 0 Å². The van der Waals surface area contributed by atoms with Gasteiger partial charge in [0.1, 0.15) is 0 Å². The van der Waals surface area contributed by atoms with Gasteiger partial charge in [-0.2, -0.15) is 0 Å². The van der Waals surface area contributed by atoms with E-state index >= 15 is 0 Å². The van der Waals surface area contributed by atoms with Crippen LogP contribution in [0.1, 0.15) is 37.0 Å². The quantitative estimate of drug-likeness (QED) is 0.767. The van der Waals surface area contributed by atoms with Crippen LogP contribution in [-0.2, 0) is 9.53 Å². The minimum Gasteiger partial charge on any atom is -0.465 e. The van der Waals surface area contributed by atoms with Crippen LogP contribution in [0.5, 0.6) is 0 Å². The van der Waals surface area contributed by atoms with Crippen molar-refractivity contribution in [2.24, 2.45) is 0 Å². The first kappa shape index (κ1) is 13.6. The van der Waals surface area contributed by atoms with Gasteiger partial charge in [0, 0.05) is 18.7 Å². The van der Waals surface area contributed by atoms with Gasteiger partial charge in [0.2, 0.25) is 0 Å². The van der Waals surface area contributed by atoms with Crippen molar-refractivity contribution < 1.29 is 14.3 Å². The van der Waals surface area contributed by atoms with Gasteiger partial charge in [-0.3, -0.25) is 4.79 Å². The monoisotopic (exact) mass is 261 g/mol. The Kier molecular flexibility index (Phi) is 3.60. The molecule has 1 aliphatic heterocycles. The second-order valence-corrected chi connectivity index (χ2v) is 5.28. The minimum absolute atomic E-state index is 0.238. The zero-order valence-electron chi connectivity index (χ0n) is 11.6. The molecule has 19 heavy (non-hydrogen) atoms. The summed E-state index contributed by atoms with van der Waals surface area (Å²) in [4.78, 5) is 25.7. The van der Waals surface area contributed by atoms with E-state index in [2.05, 4.69) is 4.90 Å². The van der Waals surface area contributed by atoms with Gasteiger partial charge in [-0.05, 0) is 38.5 Å². The molecule has 4 heteroatoms. The Balaban J connectivity index is 2.36. The number of benzene rings is 1. The predicted molar refractivity (Wildman–Crippen MR) is 73.4 cm³/mol. The fourth-order valence-electron chi connectivity index (χ4n) is 2.50. The molecule has 4 nitrogen and oxygen atoms in total. The molecule has 0 amide bonds. The van der Waals surface area contributed by atoms with E-state index in [-0.39, 0.29) is 11.8 Å². The van der Waals surface area contributed by atoms with Crippen molar-refractivity contribution in [1.82, 2.24) is 0 Å². The van der Waals surface area contributed by atoms with Crippen LogP contribution in [0.25, 0.3) is 0 Å². The SMILES string of the molecule is COC(=O)c1cccc(N2CCCC(=O)C2(C)C)c1. The first-order chi connectivity index (χ1) is 8.96. The number of piperidine rings is 1. The zero-order valence-corrected chi connectivity index (χ0v) is 11.6. The maximum Gasteiger partial charge on any atom is 0.337 e. The van der Waals surface area contributed by atoms with Crippen molar-refractivity contribution in [2.45, 2.75) is 32.2 Å². The number of methoxy groups -OCH3 is 1. The molecule has 0 N–H and O–H groups in total. The summed E-state index contributed by atoms with van der Waals surface area (Å²) in [5, 5.41) is 0. The van der Waals surface area contributed by atoms with E-state index in [1.165, 1.54) is 7.11 Å². The highest BCUT2D eigenvalue weighted by Gasteiger charge is 2.37. The summed E-state index contributed by atoms with van der Waals surface area (Å²) in [5.74, 6) is -0.120. The van der Waals surface area contributed by atoms with Gasteiger partial charge in [-0.1, -0.05) is 6.07 Å².